The van der Waals surface area contributed by atoms with Crippen molar-refractivity contribution in [3.63, 3.8) is 0 Å². The van der Waals surface area contributed by atoms with Crippen LogP contribution in [0.2, 0.25) is 5.02 Å². The zero-order chi connectivity index (χ0) is 22.5. The van der Waals surface area contributed by atoms with Gasteiger partial charge in [-0.05, 0) is 55.3 Å². The highest BCUT2D eigenvalue weighted by molar-refractivity contribution is 7.99. The van der Waals surface area contributed by atoms with Crippen LogP contribution in [0.4, 0.5) is 11.6 Å². The molecule has 0 aliphatic carbocycles. The lowest BCUT2D eigenvalue weighted by molar-refractivity contribution is -0.115. The van der Waals surface area contributed by atoms with E-state index in [9.17, 15) is 9.59 Å². The van der Waals surface area contributed by atoms with Gasteiger partial charge < -0.3 is 10.2 Å². The zero-order valence-corrected chi connectivity index (χ0v) is 19.3. The van der Waals surface area contributed by atoms with Gasteiger partial charge in [-0.25, -0.2) is 0 Å². The Morgan fingerprint density at radius 2 is 1.84 bits per heavy atom. The van der Waals surface area contributed by atoms with Crippen molar-refractivity contribution in [3.8, 4) is 5.69 Å². The molecule has 9 heteroatoms. The number of amides is 1. The number of carbonyl (C=O) groups excluding carboxylic acids is 2. The molecular weight excluding hydrogens is 446 g/mol. The summed E-state index contributed by atoms with van der Waals surface area (Å²) < 4.78 is 1.97. The summed E-state index contributed by atoms with van der Waals surface area (Å²) in [4.78, 5) is 26.5. The lowest BCUT2D eigenvalue weighted by Gasteiger charge is -2.18. The summed E-state index contributed by atoms with van der Waals surface area (Å²) in [5.74, 6) is 0.913. The van der Waals surface area contributed by atoms with Crippen molar-refractivity contribution < 1.29 is 9.59 Å². The molecule has 2 aromatic carbocycles. The van der Waals surface area contributed by atoms with Crippen LogP contribution < -0.4 is 10.2 Å². The Balaban J connectivity index is 1.51. The van der Waals surface area contributed by atoms with Crippen LogP contribution in [-0.2, 0) is 4.79 Å². The van der Waals surface area contributed by atoms with Gasteiger partial charge in [0.25, 0.3) is 0 Å². The van der Waals surface area contributed by atoms with E-state index in [0.29, 0.717) is 27.9 Å². The summed E-state index contributed by atoms with van der Waals surface area (Å²) in [5, 5.41) is 12.9. The highest BCUT2D eigenvalue weighted by atomic mass is 35.5. The molecule has 1 aromatic heterocycles. The Hall–Kier alpha value is -2.84. The molecule has 1 aliphatic rings. The van der Waals surface area contributed by atoms with Crippen LogP contribution in [0, 0.1) is 0 Å². The quantitative estimate of drug-likeness (QED) is 0.375. The molecule has 0 bridgehead atoms. The molecule has 1 saturated heterocycles. The molecule has 1 N–H and O–H groups in total. The molecule has 0 unspecified atom stereocenters. The number of halogens is 1. The molecule has 3 aromatic rings. The first-order valence-electron chi connectivity index (χ1n) is 10.6. The van der Waals surface area contributed by atoms with Crippen LogP contribution in [0.3, 0.4) is 0 Å². The first kappa shape index (κ1) is 22.4. The van der Waals surface area contributed by atoms with Crippen molar-refractivity contribution in [2.45, 2.75) is 31.3 Å². The maximum Gasteiger partial charge on any atom is 0.232 e. The Bertz CT molecular complexity index is 1110. The summed E-state index contributed by atoms with van der Waals surface area (Å²) >= 11 is 7.58. The van der Waals surface area contributed by atoms with Crippen molar-refractivity contribution in [2.75, 3.05) is 29.1 Å². The van der Waals surface area contributed by atoms with Crippen LogP contribution in [0.1, 0.15) is 36.5 Å². The van der Waals surface area contributed by atoms with Crippen LogP contribution in [-0.4, -0.2) is 45.3 Å². The molecule has 1 amide bonds. The third-order valence-electron chi connectivity index (χ3n) is 5.22. The Labute approximate surface area is 196 Å². The van der Waals surface area contributed by atoms with Crippen LogP contribution in [0.15, 0.2) is 53.7 Å². The predicted molar refractivity (Wildman–Crippen MR) is 128 cm³/mol. The van der Waals surface area contributed by atoms with Crippen molar-refractivity contribution >= 4 is 46.7 Å². The SMILES string of the molecule is CCC(=O)Nc1ccc(C(=O)CSc2nnc(N3CCCC3)n2-c2cccc(Cl)c2)cc1. The van der Waals surface area contributed by atoms with Crippen molar-refractivity contribution in [1.82, 2.24) is 14.8 Å². The van der Waals surface area contributed by atoms with Gasteiger partial charge in [0.1, 0.15) is 0 Å². The van der Waals surface area contributed by atoms with Crippen LogP contribution in [0.5, 0.6) is 0 Å². The lowest BCUT2D eigenvalue weighted by Crippen LogP contribution is -2.22. The fourth-order valence-electron chi connectivity index (χ4n) is 3.52. The number of nitrogens with zero attached hydrogens (tertiary/aromatic N) is 4. The maximum absolute atomic E-state index is 12.8. The molecule has 7 nitrogen and oxygen atoms in total. The molecule has 4 rings (SSSR count). The van der Waals surface area contributed by atoms with Gasteiger partial charge in [-0.1, -0.05) is 36.4 Å². The van der Waals surface area contributed by atoms with E-state index in [1.807, 2.05) is 28.8 Å². The number of hydrogen-bond acceptors (Lipinski definition) is 6. The number of aromatic nitrogens is 3. The van der Waals surface area contributed by atoms with Gasteiger partial charge in [-0.2, -0.15) is 0 Å². The van der Waals surface area contributed by atoms with E-state index in [-0.39, 0.29) is 17.4 Å². The summed E-state index contributed by atoms with van der Waals surface area (Å²) in [6, 6.07) is 14.5. The van der Waals surface area contributed by atoms with Crippen LogP contribution in [0.25, 0.3) is 5.69 Å². The monoisotopic (exact) mass is 469 g/mol. The fraction of sp³-hybridized carbons (Fsp3) is 0.304. The van der Waals surface area contributed by atoms with Crippen LogP contribution >= 0.6 is 23.4 Å². The number of carbonyl (C=O) groups is 2. The van der Waals surface area contributed by atoms with Crippen molar-refractivity contribution in [3.05, 3.63) is 59.1 Å². The molecule has 0 spiro atoms. The van der Waals surface area contributed by atoms with E-state index >= 15 is 0 Å². The summed E-state index contributed by atoms with van der Waals surface area (Å²) in [6.45, 7) is 3.66. The van der Waals surface area contributed by atoms with E-state index < -0.39 is 0 Å². The molecule has 2 heterocycles. The number of hydrogen-bond donors (Lipinski definition) is 1. The highest BCUT2D eigenvalue weighted by Crippen LogP contribution is 2.30. The minimum absolute atomic E-state index is 0.0215. The Morgan fingerprint density at radius 3 is 2.53 bits per heavy atom. The van der Waals surface area contributed by atoms with Gasteiger partial charge in [0.2, 0.25) is 11.9 Å². The first-order chi connectivity index (χ1) is 15.5. The van der Waals surface area contributed by atoms with E-state index in [1.54, 1.807) is 31.2 Å². The fourth-order valence-corrected chi connectivity index (χ4v) is 4.55. The second kappa shape index (κ2) is 10.2. The first-order valence-corrected chi connectivity index (χ1v) is 11.9. The number of rotatable bonds is 8. The van der Waals surface area contributed by atoms with Gasteiger partial charge in [0.15, 0.2) is 10.9 Å². The minimum Gasteiger partial charge on any atom is -0.341 e. The topological polar surface area (TPSA) is 80.1 Å². The third kappa shape index (κ3) is 5.14. The Morgan fingerprint density at radius 1 is 1.09 bits per heavy atom. The Kier molecular flexibility index (Phi) is 7.12. The molecule has 0 atom stereocenters. The van der Waals surface area contributed by atoms with E-state index in [1.165, 1.54) is 11.8 Å². The molecular formula is C23H24ClN5O2S. The maximum atomic E-state index is 12.8. The largest absolute Gasteiger partial charge is 0.341 e. The second-order valence-corrected chi connectivity index (χ2v) is 8.86. The molecule has 0 saturated carbocycles. The molecule has 32 heavy (non-hydrogen) atoms. The van der Waals surface area contributed by atoms with Gasteiger partial charge in [0, 0.05) is 35.8 Å². The summed E-state index contributed by atoms with van der Waals surface area (Å²) in [7, 11) is 0. The van der Waals surface area contributed by atoms with E-state index in [2.05, 4.69) is 20.4 Å². The highest BCUT2D eigenvalue weighted by Gasteiger charge is 2.23. The summed E-state index contributed by atoms with van der Waals surface area (Å²) in [5.41, 5.74) is 2.13. The van der Waals surface area contributed by atoms with Gasteiger partial charge in [-0.3, -0.25) is 14.2 Å². The molecule has 0 radical (unpaired) electrons. The minimum atomic E-state index is -0.0613. The molecule has 1 aliphatic heterocycles. The number of Topliss-reactive ketones (excluding diaryl/α,β-unsaturated/α-hetero) is 1. The number of anilines is 2. The van der Waals surface area contributed by atoms with Crippen molar-refractivity contribution in [1.29, 1.82) is 0 Å². The predicted octanol–water partition coefficient (Wildman–Crippen LogP) is 4.84. The number of benzene rings is 2. The van der Waals surface area contributed by atoms with Crippen molar-refractivity contribution in [2.24, 2.45) is 0 Å². The zero-order valence-electron chi connectivity index (χ0n) is 17.8. The van der Waals surface area contributed by atoms with Gasteiger partial charge in [0.05, 0.1) is 11.4 Å². The normalized spacial score (nSPS) is 13.4. The average molecular weight is 470 g/mol. The third-order valence-corrected chi connectivity index (χ3v) is 6.38. The molecule has 166 valence electrons. The number of nitrogens with one attached hydrogen (secondary N) is 1. The summed E-state index contributed by atoms with van der Waals surface area (Å²) in [6.07, 6.45) is 2.65. The van der Waals surface area contributed by atoms with E-state index in [4.69, 9.17) is 11.6 Å². The lowest BCUT2D eigenvalue weighted by atomic mass is 10.1. The van der Waals surface area contributed by atoms with Gasteiger partial charge >= 0.3 is 0 Å². The second-order valence-electron chi connectivity index (χ2n) is 7.48. The number of thioether (sulfide) groups is 1. The smallest absolute Gasteiger partial charge is 0.232 e. The van der Waals surface area contributed by atoms with Gasteiger partial charge in [-0.15, -0.1) is 10.2 Å². The molecule has 1 fully saturated rings. The van der Waals surface area contributed by atoms with E-state index in [0.717, 1.165) is 37.6 Å². The standard InChI is InChI=1S/C23H24ClN5O2S/c1-2-21(31)25-18-10-8-16(9-11-18)20(30)15-32-23-27-26-22(28-12-3-4-13-28)29(23)19-7-5-6-17(24)14-19/h5-11,14H,2-4,12-13,15H2,1H3,(H,25,31). The number of ketones is 1. The average Bonchev–Trinajstić information content (AvgIpc) is 3.47.